The molecule has 0 radical (unpaired) electrons. The van der Waals surface area contributed by atoms with E-state index in [1.807, 2.05) is 6.07 Å². The first kappa shape index (κ1) is 14.0. The van der Waals surface area contributed by atoms with Crippen molar-refractivity contribution in [2.24, 2.45) is 0 Å². The Bertz CT molecular complexity index is 469. The molecule has 4 nitrogen and oxygen atoms in total. The molecule has 0 bridgehead atoms. The summed E-state index contributed by atoms with van der Waals surface area (Å²) in [5.41, 5.74) is 6.47. The molecule has 2 heterocycles. The van der Waals surface area contributed by atoms with Crippen LogP contribution in [-0.4, -0.2) is 31.5 Å². The van der Waals surface area contributed by atoms with Crippen LogP contribution in [-0.2, 0) is 9.47 Å². The van der Waals surface area contributed by atoms with Gasteiger partial charge in [0.15, 0.2) is 0 Å². The van der Waals surface area contributed by atoms with Gasteiger partial charge < -0.3 is 19.9 Å². The van der Waals surface area contributed by atoms with Gasteiger partial charge in [-0.1, -0.05) is 11.6 Å². The fraction of sp³-hybridized carbons (Fsp3) is 0.600. The average molecular weight is 298 g/mol. The van der Waals surface area contributed by atoms with Crippen molar-refractivity contribution in [2.45, 2.75) is 37.4 Å². The largest absolute Gasteiger partial charge is 0.488 e. The highest BCUT2D eigenvalue weighted by Crippen LogP contribution is 2.36. The maximum Gasteiger partial charge on any atom is 0.142 e. The molecule has 0 aromatic heterocycles. The van der Waals surface area contributed by atoms with Crippen molar-refractivity contribution in [2.75, 3.05) is 25.6 Å². The Morgan fingerprint density at radius 2 is 2.05 bits per heavy atom. The second-order valence-corrected chi connectivity index (χ2v) is 6.00. The highest BCUT2D eigenvalue weighted by molar-refractivity contribution is 6.30. The standard InChI is InChI=1S/C15H20ClNO3/c16-11-1-2-14(13(17)9-11)20-12-3-6-19-15(10-12)4-7-18-8-5-15/h1-2,9,12H,3-8,10,17H2. The minimum absolute atomic E-state index is 0.0671. The predicted molar refractivity (Wildman–Crippen MR) is 78.3 cm³/mol. The van der Waals surface area contributed by atoms with Crippen molar-refractivity contribution in [1.29, 1.82) is 0 Å². The van der Waals surface area contributed by atoms with E-state index >= 15 is 0 Å². The van der Waals surface area contributed by atoms with Crippen LogP contribution in [0.1, 0.15) is 25.7 Å². The molecule has 1 spiro atoms. The van der Waals surface area contributed by atoms with Gasteiger partial charge in [0, 0.05) is 31.1 Å². The van der Waals surface area contributed by atoms with E-state index in [2.05, 4.69) is 0 Å². The van der Waals surface area contributed by atoms with Crippen molar-refractivity contribution in [3.63, 3.8) is 0 Å². The molecule has 2 aliphatic heterocycles. The van der Waals surface area contributed by atoms with Crippen LogP contribution >= 0.6 is 11.6 Å². The van der Waals surface area contributed by atoms with Gasteiger partial charge >= 0.3 is 0 Å². The van der Waals surface area contributed by atoms with E-state index in [9.17, 15) is 0 Å². The lowest BCUT2D eigenvalue weighted by atomic mass is 9.85. The lowest BCUT2D eigenvalue weighted by molar-refractivity contribution is -0.155. The van der Waals surface area contributed by atoms with Gasteiger partial charge in [-0.05, 0) is 31.0 Å². The molecule has 20 heavy (non-hydrogen) atoms. The Kier molecular flexibility index (Phi) is 4.06. The molecule has 5 heteroatoms. The highest BCUT2D eigenvalue weighted by Gasteiger charge is 2.39. The normalized spacial score (nSPS) is 25.6. The Morgan fingerprint density at radius 3 is 2.80 bits per heavy atom. The fourth-order valence-electron chi connectivity index (χ4n) is 2.98. The zero-order valence-electron chi connectivity index (χ0n) is 11.4. The Hall–Kier alpha value is -0.970. The number of anilines is 1. The number of rotatable bonds is 2. The molecular weight excluding hydrogens is 278 g/mol. The molecule has 2 fully saturated rings. The van der Waals surface area contributed by atoms with Gasteiger partial charge in [0.1, 0.15) is 11.9 Å². The van der Waals surface area contributed by atoms with Crippen molar-refractivity contribution >= 4 is 17.3 Å². The van der Waals surface area contributed by atoms with E-state index in [0.29, 0.717) is 16.5 Å². The van der Waals surface area contributed by atoms with E-state index in [-0.39, 0.29) is 11.7 Å². The summed E-state index contributed by atoms with van der Waals surface area (Å²) in [6, 6.07) is 5.36. The fourth-order valence-corrected chi connectivity index (χ4v) is 3.16. The molecule has 2 N–H and O–H groups in total. The molecule has 0 amide bonds. The van der Waals surface area contributed by atoms with Crippen molar-refractivity contribution in [3.8, 4) is 5.75 Å². The topological polar surface area (TPSA) is 53.7 Å². The summed E-state index contributed by atoms with van der Waals surface area (Å²) >= 11 is 5.91. The molecule has 2 aliphatic rings. The van der Waals surface area contributed by atoms with Crippen LogP contribution in [0.3, 0.4) is 0 Å². The van der Waals surface area contributed by atoms with E-state index in [0.717, 1.165) is 45.5 Å². The Labute approximate surface area is 124 Å². The lowest BCUT2D eigenvalue weighted by Crippen LogP contribution is -2.47. The molecule has 1 aromatic rings. The van der Waals surface area contributed by atoms with Gasteiger partial charge in [-0.25, -0.2) is 0 Å². The summed E-state index contributed by atoms with van der Waals surface area (Å²) in [5, 5.41) is 0.628. The van der Waals surface area contributed by atoms with Gasteiger partial charge in [-0.15, -0.1) is 0 Å². The van der Waals surface area contributed by atoms with Crippen LogP contribution in [0, 0.1) is 0 Å². The lowest BCUT2D eigenvalue weighted by Gasteiger charge is -2.43. The second kappa shape index (κ2) is 5.80. The molecular formula is C15H20ClNO3. The molecule has 1 aromatic carbocycles. The number of benzene rings is 1. The zero-order chi connectivity index (χ0) is 14.0. The van der Waals surface area contributed by atoms with Gasteiger partial charge in [0.05, 0.1) is 17.9 Å². The van der Waals surface area contributed by atoms with Crippen LogP contribution in [0.5, 0.6) is 5.75 Å². The molecule has 1 atom stereocenters. The van der Waals surface area contributed by atoms with Crippen LogP contribution in [0.25, 0.3) is 0 Å². The summed E-state index contributed by atoms with van der Waals surface area (Å²) in [4.78, 5) is 0. The van der Waals surface area contributed by atoms with Crippen molar-refractivity contribution in [3.05, 3.63) is 23.2 Å². The third-order valence-electron chi connectivity index (χ3n) is 4.12. The molecule has 1 unspecified atom stereocenters. The van der Waals surface area contributed by atoms with Gasteiger partial charge in [-0.3, -0.25) is 0 Å². The minimum atomic E-state index is -0.0671. The highest BCUT2D eigenvalue weighted by atomic mass is 35.5. The number of ether oxygens (including phenoxy) is 3. The van der Waals surface area contributed by atoms with Gasteiger partial charge in [-0.2, -0.15) is 0 Å². The monoisotopic (exact) mass is 297 g/mol. The smallest absolute Gasteiger partial charge is 0.142 e. The van der Waals surface area contributed by atoms with E-state index in [4.69, 9.17) is 31.5 Å². The summed E-state index contributed by atoms with van der Waals surface area (Å²) < 4.78 is 17.5. The molecule has 0 saturated carbocycles. The van der Waals surface area contributed by atoms with E-state index in [1.54, 1.807) is 12.1 Å². The average Bonchev–Trinajstić information content (AvgIpc) is 2.43. The third-order valence-corrected chi connectivity index (χ3v) is 4.35. The SMILES string of the molecule is Nc1cc(Cl)ccc1OC1CCOC2(CCOCC2)C1. The number of nitrogens with two attached hydrogens (primary N) is 1. The van der Waals surface area contributed by atoms with Crippen LogP contribution in [0.2, 0.25) is 5.02 Å². The second-order valence-electron chi connectivity index (χ2n) is 5.56. The van der Waals surface area contributed by atoms with Crippen LogP contribution in [0.4, 0.5) is 5.69 Å². The summed E-state index contributed by atoms with van der Waals surface area (Å²) in [6.45, 7) is 2.28. The number of nitrogen functional groups attached to an aromatic ring is 1. The summed E-state index contributed by atoms with van der Waals surface area (Å²) in [5.74, 6) is 0.712. The molecule has 2 saturated heterocycles. The van der Waals surface area contributed by atoms with E-state index < -0.39 is 0 Å². The maximum atomic E-state index is 6.06. The summed E-state index contributed by atoms with van der Waals surface area (Å²) in [6.07, 6.45) is 3.83. The van der Waals surface area contributed by atoms with Gasteiger partial charge in [0.25, 0.3) is 0 Å². The number of hydrogen-bond acceptors (Lipinski definition) is 4. The van der Waals surface area contributed by atoms with Gasteiger partial charge in [0.2, 0.25) is 0 Å². The number of hydrogen-bond donors (Lipinski definition) is 1. The quantitative estimate of drug-likeness (QED) is 0.853. The van der Waals surface area contributed by atoms with Crippen molar-refractivity contribution in [1.82, 2.24) is 0 Å². The predicted octanol–water partition coefficient (Wildman–Crippen LogP) is 3.03. The molecule has 0 aliphatic carbocycles. The Morgan fingerprint density at radius 1 is 1.25 bits per heavy atom. The first-order valence-electron chi connectivity index (χ1n) is 7.10. The first-order valence-corrected chi connectivity index (χ1v) is 7.48. The zero-order valence-corrected chi connectivity index (χ0v) is 12.2. The summed E-state index contributed by atoms with van der Waals surface area (Å²) in [7, 11) is 0. The van der Waals surface area contributed by atoms with E-state index in [1.165, 1.54) is 0 Å². The number of halogens is 1. The van der Waals surface area contributed by atoms with Crippen LogP contribution in [0.15, 0.2) is 18.2 Å². The minimum Gasteiger partial charge on any atom is -0.488 e. The maximum absolute atomic E-state index is 6.06. The molecule has 3 rings (SSSR count). The first-order chi connectivity index (χ1) is 9.67. The van der Waals surface area contributed by atoms with Crippen molar-refractivity contribution < 1.29 is 14.2 Å². The third kappa shape index (κ3) is 3.03. The molecule has 110 valence electrons. The van der Waals surface area contributed by atoms with Crippen LogP contribution < -0.4 is 10.5 Å². The Balaban J connectivity index is 1.68.